The number of nitrogens with zero attached hydrogens (tertiary/aromatic N) is 6. The Kier molecular flexibility index (Phi) is 5.27. The third-order valence-electron chi connectivity index (χ3n) is 4.30. The highest BCUT2D eigenvalue weighted by atomic mass is 35.5. The van der Waals surface area contributed by atoms with Gasteiger partial charge in [0.15, 0.2) is 11.5 Å². The summed E-state index contributed by atoms with van der Waals surface area (Å²) in [7, 11) is 1.77. The van der Waals surface area contributed by atoms with Crippen molar-refractivity contribution in [3.05, 3.63) is 41.3 Å². The SMILES string of the molecule is CC(C)OC(=O)Nc1nc(-c2ccn(C)n2)c(-c2cc(Cl)c3[nH]ncc3c2)nc1C#N. The first kappa shape index (κ1) is 20.3. The largest absolute Gasteiger partial charge is 0.447 e. The van der Waals surface area contributed by atoms with E-state index in [4.69, 9.17) is 16.3 Å². The lowest BCUT2D eigenvalue weighted by Crippen LogP contribution is -2.20. The molecule has 156 valence electrons. The van der Waals surface area contributed by atoms with Crippen LogP contribution in [-0.2, 0) is 11.8 Å². The Morgan fingerprint density at radius 2 is 2.13 bits per heavy atom. The zero-order valence-electron chi connectivity index (χ0n) is 16.8. The Labute approximate surface area is 181 Å². The number of anilines is 1. The maximum absolute atomic E-state index is 12.1. The van der Waals surface area contributed by atoms with Gasteiger partial charge in [-0.25, -0.2) is 14.8 Å². The van der Waals surface area contributed by atoms with Gasteiger partial charge >= 0.3 is 6.09 Å². The summed E-state index contributed by atoms with van der Waals surface area (Å²) in [5.74, 6) is -0.0203. The summed E-state index contributed by atoms with van der Waals surface area (Å²) >= 11 is 6.40. The third kappa shape index (κ3) is 4.04. The molecule has 3 heterocycles. The van der Waals surface area contributed by atoms with Gasteiger partial charge in [-0.1, -0.05) is 11.6 Å². The van der Waals surface area contributed by atoms with Crippen molar-refractivity contribution in [3.8, 4) is 28.7 Å². The third-order valence-corrected chi connectivity index (χ3v) is 4.59. The summed E-state index contributed by atoms with van der Waals surface area (Å²) in [6.45, 7) is 3.43. The fourth-order valence-corrected chi connectivity index (χ4v) is 3.28. The molecule has 0 radical (unpaired) electrons. The van der Waals surface area contributed by atoms with E-state index in [9.17, 15) is 10.1 Å². The van der Waals surface area contributed by atoms with Crippen molar-refractivity contribution in [2.24, 2.45) is 7.05 Å². The van der Waals surface area contributed by atoms with Gasteiger partial charge < -0.3 is 4.74 Å². The first-order chi connectivity index (χ1) is 14.9. The number of hydrogen-bond donors (Lipinski definition) is 2. The van der Waals surface area contributed by atoms with Crippen LogP contribution in [0.1, 0.15) is 19.5 Å². The number of halogens is 1. The number of ether oxygens (including phenoxy) is 1. The number of nitrogens with one attached hydrogen (secondary N) is 2. The predicted molar refractivity (Wildman–Crippen MR) is 114 cm³/mol. The van der Waals surface area contributed by atoms with E-state index in [2.05, 4.69) is 30.6 Å². The van der Waals surface area contributed by atoms with Gasteiger partial charge in [0.1, 0.15) is 23.2 Å². The minimum Gasteiger partial charge on any atom is -0.447 e. The molecule has 0 saturated heterocycles. The average molecular weight is 437 g/mol. The van der Waals surface area contributed by atoms with Crippen LogP contribution >= 0.6 is 11.6 Å². The smallest absolute Gasteiger partial charge is 0.413 e. The van der Waals surface area contributed by atoms with E-state index in [0.717, 1.165) is 5.39 Å². The van der Waals surface area contributed by atoms with Crippen molar-refractivity contribution < 1.29 is 9.53 Å². The second-order valence-electron chi connectivity index (χ2n) is 6.98. The fourth-order valence-electron chi connectivity index (χ4n) is 3.01. The number of aryl methyl sites for hydroxylation is 1. The number of aromatic nitrogens is 6. The monoisotopic (exact) mass is 436 g/mol. The van der Waals surface area contributed by atoms with Crippen molar-refractivity contribution >= 4 is 34.4 Å². The number of carbonyl (C=O) groups is 1. The van der Waals surface area contributed by atoms with E-state index in [1.165, 1.54) is 0 Å². The van der Waals surface area contributed by atoms with Gasteiger partial charge in [0.2, 0.25) is 0 Å². The topological polar surface area (TPSA) is 134 Å². The van der Waals surface area contributed by atoms with E-state index in [1.54, 1.807) is 50.1 Å². The van der Waals surface area contributed by atoms with Crippen molar-refractivity contribution in [1.29, 1.82) is 5.26 Å². The summed E-state index contributed by atoms with van der Waals surface area (Å²) in [6, 6.07) is 7.28. The van der Waals surface area contributed by atoms with Crippen LogP contribution in [0, 0.1) is 11.3 Å². The highest BCUT2D eigenvalue weighted by Crippen LogP contribution is 2.34. The zero-order chi connectivity index (χ0) is 22.1. The molecule has 0 spiro atoms. The zero-order valence-corrected chi connectivity index (χ0v) is 17.6. The lowest BCUT2D eigenvalue weighted by atomic mass is 10.1. The number of H-pyrrole nitrogens is 1. The maximum atomic E-state index is 12.1. The molecule has 1 aromatic carbocycles. The molecule has 4 rings (SSSR count). The molecule has 3 aromatic heterocycles. The summed E-state index contributed by atoms with van der Waals surface area (Å²) in [5, 5.41) is 24.6. The molecule has 31 heavy (non-hydrogen) atoms. The summed E-state index contributed by atoms with van der Waals surface area (Å²) in [6.07, 6.45) is 2.33. The normalized spacial score (nSPS) is 11.0. The van der Waals surface area contributed by atoms with Gasteiger partial charge in [0.25, 0.3) is 0 Å². The summed E-state index contributed by atoms with van der Waals surface area (Å²) in [4.78, 5) is 21.1. The van der Waals surface area contributed by atoms with Gasteiger partial charge in [-0.15, -0.1) is 0 Å². The molecule has 0 aliphatic carbocycles. The number of hydrogen-bond acceptors (Lipinski definition) is 7. The number of nitriles is 1. The Morgan fingerprint density at radius 1 is 1.32 bits per heavy atom. The van der Waals surface area contributed by atoms with Crippen molar-refractivity contribution in [1.82, 2.24) is 29.9 Å². The predicted octanol–water partition coefficient (Wildman–Crippen LogP) is 3.90. The Bertz CT molecular complexity index is 1330. The Hall–Kier alpha value is -3.97. The quantitative estimate of drug-likeness (QED) is 0.495. The van der Waals surface area contributed by atoms with E-state index < -0.39 is 6.09 Å². The molecule has 10 nitrogen and oxygen atoms in total. The molecule has 0 saturated carbocycles. The van der Waals surface area contributed by atoms with E-state index in [1.807, 2.05) is 12.1 Å². The molecule has 0 unspecified atom stereocenters. The van der Waals surface area contributed by atoms with Crippen molar-refractivity contribution in [2.75, 3.05) is 5.32 Å². The number of rotatable bonds is 4. The van der Waals surface area contributed by atoms with Crippen LogP contribution < -0.4 is 5.32 Å². The lowest BCUT2D eigenvalue weighted by molar-refractivity contribution is 0.130. The van der Waals surface area contributed by atoms with Crippen LogP contribution in [0.3, 0.4) is 0 Å². The Balaban J connectivity index is 1.91. The van der Waals surface area contributed by atoms with Crippen molar-refractivity contribution in [2.45, 2.75) is 20.0 Å². The molecule has 11 heteroatoms. The standard InChI is InChI=1S/C20H17ClN8O2/c1-10(2)31-20(30)26-19-15(8-22)24-17(18(25-19)14-4-5-29(3)28-14)11-6-12-9-23-27-16(12)13(21)7-11/h4-7,9-10H,1-3H3,(H,23,27)(H,25,26,30). The van der Waals surface area contributed by atoms with E-state index in [0.29, 0.717) is 33.2 Å². The molecule has 2 N–H and O–H groups in total. The van der Waals surface area contributed by atoms with Crippen LogP contribution in [0.2, 0.25) is 5.02 Å². The van der Waals surface area contributed by atoms with Crippen LogP contribution in [0.15, 0.2) is 30.6 Å². The lowest BCUT2D eigenvalue weighted by Gasteiger charge is -2.13. The van der Waals surface area contributed by atoms with Crippen LogP contribution in [0.4, 0.5) is 10.6 Å². The molecule has 1 amide bonds. The molecule has 0 aliphatic rings. The molecule has 0 atom stereocenters. The first-order valence-corrected chi connectivity index (χ1v) is 9.66. The summed E-state index contributed by atoms with van der Waals surface area (Å²) in [5.41, 5.74) is 2.52. The maximum Gasteiger partial charge on any atom is 0.413 e. The van der Waals surface area contributed by atoms with Gasteiger partial charge in [-0.3, -0.25) is 15.1 Å². The summed E-state index contributed by atoms with van der Waals surface area (Å²) < 4.78 is 6.71. The number of amides is 1. The van der Waals surface area contributed by atoms with Crippen LogP contribution in [0.25, 0.3) is 33.5 Å². The molecular formula is C20H17ClN8O2. The second-order valence-corrected chi connectivity index (χ2v) is 7.38. The second kappa shape index (κ2) is 8.04. The van der Waals surface area contributed by atoms with E-state index in [-0.39, 0.29) is 17.6 Å². The number of fused-ring (bicyclic) bond motifs is 1. The number of aromatic amines is 1. The van der Waals surface area contributed by atoms with Crippen LogP contribution in [0.5, 0.6) is 0 Å². The van der Waals surface area contributed by atoms with Crippen molar-refractivity contribution in [3.63, 3.8) is 0 Å². The first-order valence-electron chi connectivity index (χ1n) is 9.28. The molecule has 0 aliphatic heterocycles. The molecular weight excluding hydrogens is 420 g/mol. The minimum absolute atomic E-state index is 0.0203. The molecule has 0 fully saturated rings. The number of benzene rings is 1. The Morgan fingerprint density at radius 3 is 2.81 bits per heavy atom. The van der Waals surface area contributed by atoms with Gasteiger partial charge in [-0.2, -0.15) is 15.5 Å². The van der Waals surface area contributed by atoms with E-state index >= 15 is 0 Å². The average Bonchev–Trinajstić information content (AvgIpc) is 3.36. The van der Waals surface area contributed by atoms with Gasteiger partial charge in [0.05, 0.1) is 22.8 Å². The highest BCUT2D eigenvalue weighted by Gasteiger charge is 2.21. The van der Waals surface area contributed by atoms with Gasteiger partial charge in [0, 0.05) is 24.2 Å². The fraction of sp³-hybridized carbons (Fsp3) is 0.200. The van der Waals surface area contributed by atoms with Crippen LogP contribution in [-0.4, -0.2) is 42.1 Å². The van der Waals surface area contributed by atoms with Gasteiger partial charge in [-0.05, 0) is 32.0 Å². The number of carbonyl (C=O) groups excluding carboxylic acids is 1. The highest BCUT2D eigenvalue weighted by molar-refractivity contribution is 6.35. The molecule has 4 aromatic rings. The molecule has 0 bridgehead atoms. The minimum atomic E-state index is -0.733.